The second-order valence-corrected chi connectivity index (χ2v) is 8.16. The van der Waals surface area contributed by atoms with E-state index in [1.54, 1.807) is 12.3 Å². The summed E-state index contributed by atoms with van der Waals surface area (Å²) in [7, 11) is 0. The van der Waals surface area contributed by atoms with Gasteiger partial charge in [0.05, 0.1) is 26.0 Å². The Balaban J connectivity index is 2.40. The summed E-state index contributed by atoms with van der Waals surface area (Å²) in [6.07, 6.45) is 4.86. The molecule has 7 heteroatoms. The highest BCUT2D eigenvalue weighted by Gasteiger charge is 2.10. The Kier molecular flexibility index (Phi) is 11.4. The van der Waals surface area contributed by atoms with E-state index in [2.05, 4.69) is 12.1 Å². The van der Waals surface area contributed by atoms with Crippen LogP contribution in [0.4, 0.5) is 0 Å². The number of rotatable bonds is 12. The van der Waals surface area contributed by atoms with Crippen LogP contribution in [0.25, 0.3) is 0 Å². The van der Waals surface area contributed by atoms with Crippen molar-refractivity contribution < 1.29 is 19.0 Å². The number of ether oxygens (including phenoxy) is 3. The third-order valence-corrected chi connectivity index (χ3v) is 3.78. The summed E-state index contributed by atoms with van der Waals surface area (Å²) in [5.74, 6) is 1.67. The molecule has 0 aromatic heterocycles. The molecule has 0 aliphatic carbocycles. The average Bonchev–Trinajstić information content (AvgIpc) is 2.60. The van der Waals surface area contributed by atoms with Crippen LogP contribution in [0.3, 0.4) is 0 Å². The minimum absolute atomic E-state index is 0.197. The van der Waals surface area contributed by atoms with Crippen molar-refractivity contribution >= 4 is 29.4 Å². The number of nitrogens with zero attached hydrogens (tertiary/aromatic N) is 1. The topological polar surface area (TPSA) is 49.3 Å². The number of benzene rings is 1. The zero-order chi connectivity index (χ0) is 21.0. The Morgan fingerprint density at radius 3 is 2.50 bits per heavy atom. The average molecular weight is 432 g/mol. The van der Waals surface area contributed by atoms with Gasteiger partial charge in [-0.15, -0.1) is 0 Å². The van der Waals surface area contributed by atoms with Gasteiger partial charge in [0.25, 0.3) is 0 Å². The van der Waals surface area contributed by atoms with Crippen LogP contribution in [0.15, 0.2) is 27.9 Å². The summed E-state index contributed by atoms with van der Waals surface area (Å²) >= 11 is 11.2. The summed E-state index contributed by atoms with van der Waals surface area (Å²) in [6.45, 7) is 11.8. The van der Waals surface area contributed by atoms with Crippen LogP contribution in [-0.2, 0) is 16.0 Å². The zero-order valence-electron chi connectivity index (χ0n) is 17.4. The predicted octanol–water partition coefficient (Wildman–Crippen LogP) is 5.84. The number of aryl methyl sites for hydroxylation is 2. The molecule has 0 spiro atoms. The molecule has 0 saturated carbocycles. The van der Waals surface area contributed by atoms with Gasteiger partial charge in [0.15, 0.2) is 0 Å². The van der Waals surface area contributed by atoms with E-state index >= 15 is 0 Å². The molecular weight excluding hydrogens is 401 g/mol. The molecule has 0 aliphatic heterocycles. The summed E-state index contributed by atoms with van der Waals surface area (Å²) in [5.41, 5.74) is 1.85. The zero-order valence-corrected chi connectivity index (χ0v) is 18.9. The van der Waals surface area contributed by atoms with Gasteiger partial charge in [0.1, 0.15) is 28.2 Å². The maximum atomic E-state index is 5.98. The van der Waals surface area contributed by atoms with Crippen molar-refractivity contribution in [2.24, 2.45) is 5.16 Å². The van der Waals surface area contributed by atoms with Crippen LogP contribution in [-0.4, -0.2) is 38.2 Å². The van der Waals surface area contributed by atoms with Gasteiger partial charge in [-0.25, -0.2) is 0 Å². The van der Waals surface area contributed by atoms with E-state index in [-0.39, 0.29) is 10.1 Å². The molecule has 0 unspecified atom stereocenters. The van der Waals surface area contributed by atoms with Crippen molar-refractivity contribution in [3.05, 3.63) is 33.8 Å². The van der Waals surface area contributed by atoms with Gasteiger partial charge in [0.2, 0.25) is 0 Å². The Hall–Kier alpha value is -1.43. The van der Waals surface area contributed by atoms with Crippen molar-refractivity contribution in [1.82, 2.24) is 0 Å². The highest BCUT2D eigenvalue weighted by atomic mass is 35.5. The Morgan fingerprint density at radius 2 is 1.86 bits per heavy atom. The van der Waals surface area contributed by atoms with Gasteiger partial charge in [-0.1, -0.05) is 35.3 Å². The van der Waals surface area contributed by atoms with Crippen LogP contribution in [0.2, 0.25) is 0 Å². The van der Waals surface area contributed by atoms with Gasteiger partial charge in [-0.2, -0.15) is 0 Å². The molecule has 0 N–H and O–H groups in total. The monoisotopic (exact) mass is 431 g/mol. The second-order valence-electron chi connectivity index (χ2n) is 7.16. The normalized spacial score (nSPS) is 11.5. The van der Waals surface area contributed by atoms with Crippen molar-refractivity contribution in [3.63, 3.8) is 0 Å². The summed E-state index contributed by atoms with van der Waals surface area (Å²) in [4.78, 5) is 5.24. The standard InChI is InChI=1S/C21H31Cl2NO4/c1-6-17-15-18(26-12-8-19(22)23)14-16(2)20(17)27-11-7-10-25-13-9-24-28-21(3,4)5/h8-9,14-15H,6-7,10-13H2,1-5H3. The smallest absolute Gasteiger partial charge is 0.129 e. The molecule has 1 aromatic carbocycles. The Bertz CT molecular complexity index is 651. The first-order chi connectivity index (χ1) is 13.2. The lowest BCUT2D eigenvalue weighted by Crippen LogP contribution is -2.15. The van der Waals surface area contributed by atoms with Gasteiger partial charge in [0, 0.05) is 6.42 Å². The molecule has 1 aromatic rings. The van der Waals surface area contributed by atoms with Gasteiger partial charge >= 0.3 is 0 Å². The molecule has 0 fully saturated rings. The molecule has 28 heavy (non-hydrogen) atoms. The minimum atomic E-state index is -0.284. The first-order valence-corrected chi connectivity index (χ1v) is 10.2. The quantitative estimate of drug-likeness (QED) is 0.237. The van der Waals surface area contributed by atoms with Crippen LogP contribution in [0, 0.1) is 6.92 Å². The Labute approximate surface area is 178 Å². The molecule has 1 rings (SSSR count). The maximum Gasteiger partial charge on any atom is 0.129 e. The number of hydrogen-bond acceptors (Lipinski definition) is 5. The Morgan fingerprint density at radius 1 is 1.11 bits per heavy atom. The highest BCUT2D eigenvalue weighted by molar-refractivity contribution is 6.55. The van der Waals surface area contributed by atoms with Crippen LogP contribution >= 0.6 is 23.2 Å². The molecule has 0 heterocycles. The lowest BCUT2D eigenvalue weighted by molar-refractivity contribution is 0.000643. The summed E-state index contributed by atoms with van der Waals surface area (Å²) in [5, 5.41) is 3.87. The van der Waals surface area contributed by atoms with Gasteiger partial charge in [-0.3, -0.25) is 0 Å². The van der Waals surface area contributed by atoms with Crippen molar-refractivity contribution in [1.29, 1.82) is 0 Å². The van der Waals surface area contributed by atoms with E-state index in [0.29, 0.717) is 26.4 Å². The van der Waals surface area contributed by atoms with E-state index in [4.69, 9.17) is 42.3 Å². The molecule has 158 valence electrons. The molecule has 0 bridgehead atoms. The fourth-order valence-corrected chi connectivity index (χ4v) is 2.39. The number of halogens is 2. The summed E-state index contributed by atoms with van der Waals surface area (Å²) < 4.78 is 17.3. The van der Waals surface area contributed by atoms with Crippen molar-refractivity contribution in [2.45, 2.75) is 53.1 Å². The van der Waals surface area contributed by atoms with Gasteiger partial charge in [-0.05, 0) is 63.5 Å². The second kappa shape index (κ2) is 12.9. The number of oxime groups is 1. The maximum absolute atomic E-state index is 5.98. The predicted molar refractivity (Wildman–Crippen MR) is 116 cm³/mol. The lowest BCUT2D eigenvalue weighted by atomic mass is 10.1. The minimum Gasteiger partial charge on any atom is -0.493 e. The SMILES string of the molecule is CCc1cc(OCC=C(Cl)Cl)cc(C)c1OCCCOCC=NOC(C)(C)C. The first-order valence-electron chi connectivity index (χ1n) is 9.41. The first kappa shape index (κ1) is 24.6. The van der Waals surface area contributed by atoms with Crippen molar-refractivity contribution in [3.8, 4) is 11.5 Å². The third kappa shape index (κ3) is 10.8. The van der Waals surface area contributed by atoms with E-state index in [1.807, 2.05) is 39.8 Å². The lowest BCUT2D eigenvalue weighted by Gasteiger charge is -2.16. The van der Waals surface area contributed by atoms with Gasteiger partial charge < -0.3 is 19.0 Å². The molecule has 0 saturated heterocycles. The third-order valence-electron chi connectivity index (χ3n) is 3.47. The summed E-state index contributed by atoms with van der Waals surface area (Å²) in [6, 6.07) is 3.94. The molecule has 0 amide bonds. The number of hydrogen-bond donors (Lipinski definition) is 0. The van der Waals surface area contributed by atoms with Crippen LogP contribution in [0.1, 0.15) is 45.2 Å². The fraction of sp³-hybridized carbons (Fsp3) is 0.571. The molecule has 0 atom stereocenters. The molecule has 0 aliphatic rings. The largest absolute Gasteiger partial charge is 0.493 e. The molecule has 0 radical (unpaired) electrons. The van der Waals surface area contributed by atoms with Crippen LogP contribution < -0.4 is 9.47 Å². The van der Waals surface area contributed by atoms with Crippen LogP contribution in [0.5, 0.6) is 11.5 Å². The van der Waals surface area contributed by atoms with Crippen molar-refractivity contribution in [2.75, 3.05) is 26.4 Å². The van der Waals surface area contributed by atoms with E-state index in [0.717, 1.165) is 35.5 Å². The van der Waals surface area contributed by atoms with E-state index in [9.17, 15) is 0 Å². The highest BCUT2D eigenvalue weighted by Crippen LogP contribution is 2.30. The molecular formula is C21H31Cl2NO4. The van der Waals surface area contributed by atoms with E-state index < -0.39 is 0 Å². The fourth-order valence-electron chi connectivity index (χ4n) is 2.26. The molecule has 5 nitrogen and oxygen atoms in total. The van der Waals surface area contributed by atoms with E-state index in [1.165, 1.54) is 0 Å².